The monoisotopic (exact) mass is 519 g/mol. The van der Waals surface area contributed by atoms with E-state index < -0.39 is 36.3 Å². The molecule has 0 saturated carbocycles. The van der Waals surface area contributed by atoms with Gasteiger partial charge in [0.1, 0.15) is 0 Å². The van der Waals surface area contributed by atoms with Crippen LogP contribution in [0.4, 0.5) is 5.69 Å². The Morgan fingerprint density at radius 3 is 2.06 bits per heavy atom. The molecule has 2 aromatic carbocycles. The average molecular weight is 520 g/mol. The van der Waals surface area contributed by atoms with Crippen molar-refractivity contribution in [2.75, 3.05) is 18.5 Å². The zero-order valence-corrected chi connectivity index (χ0v) is 19.3. The van der Waals surface area contributed by atoms with Crippen LogP contribution in [0, 0.1) is 0 Å². The molecule has 0 aliphatic rings. The Morgan fingerprint density at radius 1 is 0.788 bits per heavy atom. The Morgan fingerprint density at radius 2 is 1.42 bits per heavy atom. The Kier molecular flexibility index (Phi) is 10.0. The number of hydrogen-bond donors (Lipinski definition) is 3. The number of hydrazine groups is 1. The van der Waals surface area contributed by atoms with E-state index >= 15 is 0 Å². The standard InChI is InChI=1S/C22H22BrN3O7/c1-2-32-22(31)15-5-9-17(10-6-15)24-18(27)11-12-20(29)33-13-19(28)25-26-21(30)14-3-7-16(23)8-4-14/h3-10H,2,11-13H2,1H3,(H,24,27)(H,25,28)(H,26,30). The molecule has 0 aliphatic heterocycles. The Labute approximate surface area is 198 Å². The van der Waals surface area contributed by atoms with Crippen LogP contribution in [0.1, 0.15) is 40.5 Å². The van der Waals surface area contributed by atoms with E-state index in [9.17, 15) is 24.0 Å². The molecule has 0 fully saturated rings. The highest BCUT2D eigenvalue weighted by Gasteiger charge is 2.12. The molecule has 0 radical (unpaired) electrons. The van der Waals surface area contributed by atoms with Gasteiger partial charge in [-0.15, -0.1) is 0 Å². The van der Waals surface area contributed by atoms with Crippen LogP contribution in [0.5, 0.6) is 0 Å². The number of anilines is 1. The summed E-state index contributed by atoms with van der Waals surface area (Å²) in [4.78, 5) is 58.9. The van der Waals surface area contributed by atoms with Gasteiger partial charge >= 0.3 is 11.9 Å². The maximum absolute atomic E-state index is 12.0. The van der Waals surface area contributed by atoms with Gasteiger partial charge in [0.05, 0.1) is 18.6 Å². The first kappa shape index (κ1) is 25.5. The lowest BCUT2D eigenvalue weighted by atomic mass is 10.2. The minimum Gasteiger partial charge on any atom is -0.462 e. The van der Waals surface area contributed by atoms with Crippen LogP contribution in [0.2, 0.25) is 0 Å². The van der Waals surface area contributed by atoms with Gasteiger partial charge in [0.15, 0.2) is 6.61 Å². The SMILES string of the molecule is CCOC(=O)c1ccc(NC(=O)CCC(=O)OCC(=O)NNC(=O)c2ccc(Br)cc2)cc1. The second kappa shape index (κ2) is 13.0. The highest BCUT2D eigenvalue weighted by molar-refractivity contribution is 9.10. The molecule has 11 heteroatoms. The molecule has 0 bridgehead atoms. The lowest BCUT2D eigenvalue weighted by molar-refractivity contribution is -0.149. The van der Waals surface area contributed by atoms with Crippen LogP contribution in [-0.4, -0.2) is 42.9 Å². The number of carbonyl (C=O) groups is 5. The van der Waals surface area contributed by atoms with E-state index in [0.717, 1.165) is 4.47 Å². The van der Waals surface area contributed by atoms with Crippen molar-refractivity contribution in [2.24, 2.45) is 0 Å². The number of nitrogens with one attached hydrogen (secondary N) is 3. The normalized spacial score (nSPS) is 10.0. The maximum atomic E-state index is 12.0. The van der Waals surface area contributed by atoms with Gasteiger partial charge in [0, 0.05) is 22.1 Å². The molecule has 10 nitrogen and oxygen atoms in total. The maximum Gasteiger partial charge on any atom is 0.338 e. The van der Waals surface area contributed by atoms with Crippen LogP contribution in [0.15, 0.2) is 53.0 Å². The Balaban J connectivity index is 1.65. The van der Waals surface area contributed by atoms with Gasteiger partial charge in [0.2, 0.25) is 5.91 Å². The number of benzene rings is 2. The molecule has 0 heterocycles. The van der Waals surface area contributed by atoms with E-state index in [0.29, 0.717) is 16.8 Å². The fourth-order valence-corrected chi connectivity index (χ4v) is 2.66. The number of amides is 3. The zero-order chi connectivity index (χ0) is 24.2. The van der Waals surface area contributed by atoms with Crippen molar-refractivity contribution in [2.45, 2.75) is 19.8 Å². The van der Waals surface area contributed by atoms with Gasteiger partial charge in [-0.1, -0.05) is 15.9 Å². The van der Waals surface area contributed by atoms with E-state index in [1.165, 1.54) is 24.3 Å². The number of halogens is 1. The minimum absolute atomic E-state index is 0.166. The summed E-state index contributed by atoms with van der Waals surface area (Å²) in [6.07, 6.45) is -0.411. The van der Waals surface area contributed by atoms with Gasteiger partial charge in [-0.05, 0) is 55.5 Å². The van der Waals surface area contributed by atoms with Crippen molar-refractivity contribution in [1.29, 1.82) is 0 Å². The summed E-state index contributed by atoms with van der Waals surface area (Å²) in [5.74, 6) is -2.93. The molecule has 0 aromatic heterocycles. The second-order valence-corrected chi connectivity index (χ2v) is 7.43. The number of rotatable bonds is 9. The summed E-state index contributed by atoms with van der Waals surface area (Å²) in [5.41, 5.74) is 5.46. The third-order valence-electron chi connectivity index (χ3n) is 4.02. The van der Waals surface area contributed by atoms with Crippen molar-refractivity contribution in [3.05, 3.63) is 64.1 Å². The fourth-order valence-electron chi connectivity index (χ4n) is 2.40. The van der Waals surface area contributed by atoms with Crippen molar-refractivity contribution in [1.82, 2.24) is 10.9 Å². The average Bonchev–Trinajstić information content (AvgIpc) is 2.81. The molecular weight excluding hydrogens is 498 g/mol. The van der Waals surface area contributed by atoms with Crippen molar-refractivity contribution >= 4 is 51.3 Å². The van der Waals surface area contributed by atoms with Crippen molar-refractivity contribution < 1.29 is 33.4 Å². The molecular formula is C22H22BrN3O7. The predicted octanol–water partition coefficient (Wildman–Crippen LogP) is 2.35. The number of esters is 2. The summed E-state index contributed by atoms with van der Waals surface area (Å²) in [6.45, 7) is 1.35. The van der Waals surface area contributed by atoms with Crippen LogP contribution >= 0.6 is 15.9 Å². The smallest absolute Gasteiger partial charge is 0.338 e. The van der Waals surface area contributed by atoms with Crippen LogP contribution in [0.3, 0.4) is 0 Å². The molecule has 0 aliphatic carbocycles. The lowest BCUT2D eigenvalue weighted by Crippen LogP contribution is -2.43. The van der Waals surface area contributed by atoms with Gasteiger partial charge < -0.3 is 14.8 Å². The van der Waals surface area contributed by atoms with Crippen molar-refractivity contribution in [3.8, 4) is 0 Å². The first-order chi connectivity index (χ1) is 15.8. The molecule has 0 atom stereocenters. The molecule has 0 saturated heterocycles. The predicted molar refractivity (Wildman–Crippen MR) is 121 cm³/mol. The van der Waals surface area contributed by atoms with E-state index in [1.54, 1.807) is 31.2 Å². The summed E-state index contributed by atoms with van der Waals surface area (Å²) < 4.78 is 10.5. The fraction of sp³-hybridized carbons (Fsp3) is 0.227. The van der Waals surface area contributed by atoms with Gasteiger partial charge in [-0.2, -0.15) is 0 Å². The highest BCUT2D eigenvalue weighted by atomic mass is 79.9. The molecule has 0 unspecified atom stereocenters. The third kappa shape index (κ3) is 9.11. The summed E-state index contributed by atoms with van der Waals surface area (Å²) in [5, 5.41) is 2.58. The first-order valence-corrected chi connectivity index (χ1v) is 10.6. The van der Waals surface area contributed by atoms with E-state index in [4.69, 9.17) is 9.47 Å². The van der Waals surface area contributed by atoms with Gasteiger partial charge in [0.25, 0.3) is 11.8 Å². The van der Waals surface area contributed by atoms with Crippen molar-refractivity contribution in [3.63, 3.8) is 0 Å². The van der Waals surface area contributed by atoms with E-state index in [-0.39, 0.29) is 19.4 Å². The molecule has 3 amide bonds. The number of ether oxygens (including phenoxy) is 2. The Bertz CT molecular complexity index is 1010. The zero-order valence-electron chi connectivity index (χ0n) is 17.7. The summed E-state index contributed by atoms with van der Waals surface area (Å²) >= 11 is 3.25. The quantitative estimate of drug-likeness (QED) is 0.341. The topological polar surface area (TPSA) is 140 Å². The van der Waals surface area contributed by atoms with Crippen LogP contribution < -0.4 is 16.2 Å². The van der Waals surface area contributed by atoms with E-state index in [1.807, 2.05) is 0 Å². The highest BCUT2D eigenvalue weighted by Crippen LogP contribution is 2.12. The number of hydrogen-bond acceptors (Lipinski definition) is 7. The Hall–Kier alpha value is -3.73. The largest absolute Gasteiger partial charge is 0.462 e. The van der Waals surface area contributed by atoms with Gasteiger partial charge in [-0.3, -0.25) is 30.0 Å². The van der Waals surface area contributed by atoms with Crippen LogP contribution in [0.25, 0.3) is 0 Å². The van der Waals surface area contributed by atoms with Crippen LogP contribution in [-0.2, 0) is 23.9 Å². The lowest BCUT2D eigenvalue weighted by Gasteiger charge is -2.09. The molecule has 0 spiro atoms. The summed E-state index contributed by atoms with van der Waals surface area (Å²) in [7, 11) is 0. The molecule has 2 aromatic rings. The molecule has 2 rings (SSSR count). The number of carbonyl (C=O) groups excluding carboxylic acids is 5. The third-order valence-corrected chi connectivity index (χ3v) is 4.55. The molecule has 33 heavy (non-hydrogen) atoms. The molecule has 3 N–H and O–H groups in total. The van der Waals surface area contributed by atoms with Gasteiger partial charge in [-0.25, -0.2) is 4.79 Å². The van der Waals surface area contributed by atoms with E-state index in [2.05, 4.69) is 32.1 Å². The summed E-state index contributed by atoms with van der Waals surface area (Å²) in [6, 6.07) is 12.6. The second-order valence-electron chi connectivity index (χ2n) is 6.52. The first-order valence-electron chi connectivity index (χ1n) is 9.86. The minimum atomic E-state index is -0.753. The molecule has 174 valence electrons.